The van der Waals surface area contributed by atoms with Gasteiger partial charge in [-0.1, -0.05) is 18.2 Å². The van der Waals surface area contributed by atoms with E-state index >= 15 is 0 Å². The summed E-state index contributed by atoms with van der Waals surface area (Å²) in [6, 6.07) is 8.02. The molecule has 0 saturated heterocycles. The van der Waals surface area contributed by atoms with Gasteiger partial charge in [0.2, 0.25) is 0 Å². The van der Waals surface area contributed by atoms with E-state index in [-0.39, 0.29) is 5.92 Å². The van der Waals surface area contributed by atoms with Gasteiger partial charge in [-0.2, -0.15) is 18.3 Å². The Kier molecular flexibility index (Phi) is 3.05. The maximum absolute atomic E-state index is 12.5. The number of hydrogen-bond donors (Lipinski definition) is 0. The smallest absolute Gasteiger partial charge is 0.271 e. The minimum absolute atomic E-state index is 0.224. The van der Waals surface area contributed by atoms with Crippen molar-refractivity contribution >= 4 is 11.8 Å². The molecule has 0 N–H and O–H groups in total. The van der Waals surface area contributed by atoms with Gasteiger partial charge >= 0.3 is 6.18 Å². The predicted molar refractivity (Wildman–Crippen MR) is 67.1 cm³/mol. The third kappa shape index (κ3) is 2.49. The highest BCUT2D eigenvalue weighted by molar-refractivity contribution is 7.99. The van der Waals surface area contributed by atoms with Crippen LogP contribution >= 0.6 is 11.8 Å². The molecule has 3 rings (SSSR count). The van der Waals surface area contributed by atoms with Crippen LogP contribution in [0.4, 0.5) is 13.2 Å². The first-order chi connectivity index (χ1) is 9.04. The molecule has 0 amide bonds. The molecule has 1 unspecified atom stereocenters. The summed E-state index contributed by atoms with van der Waals surface area (Å²) in [4.78, 5) is 1.22. The summed E-state index contributed by atoms with van der Waals surface area (Å²) in [5.41, 5.74) is 0.517. The topological polar surface area (TPSA) is 17.8 Å². The number of nitrogens with zero attached hydrogens (tertiary/aromatic N) is 2. The molecular formula is C13H11F3N2S. The lowest BCUT2D eigenvalue weighted by molar-refractivity contribution is -0.137. The van der Waals surface area contributed by atoms with Crippen LogP contribution in [0.5, 0.6) is 0 Å². The third-order valence-electron chi connectivity index (χ3n) is 3.17. The van der Waals surface area contributed by atoms with E-state index < -0.39 is 11.7 Å². The quantitative estimate of drug-likeness (QED) is 0.835. The molecule has 0 spiro atoms. The maximum atomic E-state index is 12.5. The summed E-state index contributed by atoms with van der Waals surface area (Å²) in [6.45, 7) is 0.486. The zero-order chi connectivity index (χ0) is 13.5. The number of fused-ring (bicyclic) bond motifs is 1. The van der Waals surface area contributed by atoms with Crippen LogP contribution in [0, 0.1) is 0 Å². The van der Waals surface area contributed by atoms with E-state index in [4.69, 9.17) is 0 Å². The normalized spacial score (nSPS) is 18.6. The Bertz CT molecular complexity index is 592. The number of aromatic nitrogens is 2. The summed E-state index contributed by atoms with van der Waals surface area (Å²) in [7, 11) is 0. The van der Waals surface area contributed by atoms with Crippen molar-refractivity contribution in [2.24, 2.45) is 0 Å². The van der Waals surface area contributed by atoms with Crippen molar-refractivity contribution in [3.63, 3.8) is 0 Å². The molecule has 1 aromatic carbocycles. The predicted octanol–water partition coefficient (Wildman–Crippen LogP) is 3.79. The first kappa shape index (κ1) is 12.6. The molecule has 1 aliphatic rings. The van der Waals surface area contributed by atoms with Crippen LogP contribution in [-0.2, 0) is 12.7 Å². The molecule has 100 valence electrons. The van der Waals surface area contributed by atoms with E-state index in [1.165, 1.54) is 15.1 Å². The lowest BCUT2D eigenvalue weighted by Crippen LogP contribution is -2.09. The number of halogens is 3. The molecular weight excluding hydrogens is 273 g/mol. The Morgan fingerprint density at radius 3 is 2.84 bits per heavy atom. The summed E-state index contributed by atoms with van der Waals surface area (Å²) < 4.78 is 38.9. The Balaban J connectivity index is 1.78. The fourth-order valence-corrected chi connectivity index (χ4v) is 3.46. The molecule has 19 heavy (non-hydrogen) atoms. The molecule has 2 heterocycles. The van der Waals surface area contributed by atoms with Gasteiger partial charge in [0.1, 0.15) is 0 Å². The number of hydrogen-bond acceptors (Lipinski definition) is 2. The molecule has 0 aliphatic carbocycles. The maximum Gasteiger partial charge on any atom is 0.419 e. The van der Waals surface area contributed by atoms with Crippen LogP contribution < -0.4 is 0 Å². The Morgan fingerprint density at radius 2 is 2.11 bits per heavy atom. The Hall–Kier alpha value is -1.43. The minimum Gasteiger partial charge on any atom is -0.271 e. The van der Waals surface area contributed by atoms with Gasteiger partial charge in [-0.05, 0) is 11.6 Å². The first-order valence-electron chi connectivity index (χ1n) is 5.85. The monoisotopic (exact) mass is 284 g/mol. The zero-order valence-electron chi connectivity index (χ0n) is 9.89. The fourth-order valence-electron chi connectivity index (χ4n) is 2.22. The van der Waals surface area contributed by atoms with Crippen molar-refractivity contribution < 1.29 is 13.2 Å². The minimum atomic E-state index is -4.32. The summed E-state index contributed by atoms with van der Waals surface area (Å²) in [6.07, 6.45) is -2.36. The molecule has 1 atom stereocenters. The highest BCUT2D eigenvalue weighted by Gasteiger charge is 2.32. The highest BCUT2D eigenvalue weighted by Crippen LogP contribution is 2.40. The van der Waals surface area contributed by atoms with Crippen LogP contribution in [0.15, 0.2) is 41.6 Å². The number of alkyl halides is 3. The van der Waals surface area contributed by atoms with Crippen molar-refractivity contribution in [3.05, 3.63) is 47.8 Å². The number of rotatable bonds is 2. The number of benzene rings is 1. The average molecular weight is 284 g/mol. The van der Waals surface area contributed by atoms with Gasteiger partial charge in [0, 0.05) is 29.3 Å². The summed E-state index contributed by atoms with van der Waals surface area (Å²) in [5, 5.41) is 3.81. The second kappa shape index (κ2) is 4.59. The van der Waals surface area contributed by atoms with Gasteiger partial charge in [0.15, 0.2) is 0 Å². The largest absolute Gasteiger partial charge is 0.419 e. The van der Waals surface area contributed by atoms with Crippen LogP contribution in [0.1, 0.15) is 17.0 Å². The fraction of sp³-hybridized carbons (Fsp3) is 0.308. The van der Waals surface area contributed by atoms with Crippen molar-refractivity contribution in [2.75, 3.05) is 5.75 Å². The van der Waals surface area contributed by atoms with Crippen LogP contribution in [0.2, 0.25) is 0 Å². The van der Waals surface area contributed by atoms with E-state index in [1.54, 1.807) is 11.8 Å². The van der Waals surface area contributed by atoms with E-state index in [1.807, 2.05) is 24.3 Å². The third-order valence-corrected chi connectivity index (χ3v) is 4.42. The standard InChI is InChI=1S/C13H11F3N2S/c14-13(15,16)10-5-17-18(7-10)6-9-8-19-12-4-2-1-3-11(9)12/h1-5,7,9H,6,8H2. The van der Waals surface area contributed by atoms with E-state index in [0.717, 1.165) is 18.1 Å². The Morgan fingerprint density at radius 1 is 1.32 bits per heavy atom. The van der Waals surface area contributed by atoms with Crippen molar-refractivity contribution in [3.8, 4) is 0 Å². The first-order valence-corrected chi connectivity index (χ1v) is 6.84. The van der Waals surface area contributed by atoms with E-state index in [0.29, 0.717) is 6.54 Å². The average Bonchev–Trinajstić information content (AvgIpc) is 2.97. The van der Waals surface area contributed by atoms with Crippen LogP contribution in [0.25, 0.3) is 0 Å². The molecule has 0 bridgehead atoms. The van der Waals surface area contributed by atoms with Crippen molar-refractivity contribution in [1.82, 2.24) is 9.78 Å². The molecule has 2 nitrogen and oxygen atoms in total. The zero-order valence-corrected chi connectivity index (χ0v) is 10.7. The van der Waals surface area contributed by atoms with E-state index in [2.05, 4.69) is 5.10 Å². The SMILES string of the molecule is FC(F)(F)c1cnn(CC2CSc3ccccc32)c1. The summed E-state index contributed by atoms with van der Waals surface area (Å²) in [5.74, 6) is 1.11. The van der Waals surface area contributed by atoms with Gasteiger partial charge in [-0.25, -0.2) is 0 Å². The molecule has 0 radical (unpaired) electrons. The van der Waals surface area contributed by atoms with Crippen molar-refractivity contribution in [1.29, 1.82) is 0 Å². The second-order valence-corrected chi connectivity index (χ2v) is 5.56. The Labute approximate surface area is 112 Å². The van der Waals surface area contributed by atoms with E-state index in [9.17, 15) is 13.2 Å². The van der Waals surface area contributed by atoms with Gasteiger partial charge in [-0.15, -0.1) is 11.8 Å². The molecule has 1 aromatic heterocycles. The second-order valence-electron chi connectivity index (χ2n) is 4.49. The lowest BCUT2D eigenvalue weighted by Gasteiger charge is -2.10. The highest BCUT2D eigenvalue weighted by atomic mass is 32.2. The number of thioether (sulfide) groups is 1. The van der Waals surface area contributed by atoms with Crippen LogP contribution in [0.3, 0.4) is 0 Å². The molecule has 0 fully saturated rings. The van der Waals surface area contributed by atoms with Gasteiger partial charge in [-0.3, -0.25) is 4.68 Å². The van der Waals surface area contributed by atoms with Gasteiger partial charge in [0.05, 0.1) is 11.8 Å². The van der Waals surface area contributed by atoms with Crippen LogP contribution in [-0.4, -0.2) is 15.5 Å². The van der Waals surface area contributed by atoms with Crippen molar-refractivity contribution in [2.45, 2.75) is 23.5 Å². The van der Waals surface area contributed by atoms with Gasteiger partial charge in [0.25, 0.3) is 0 Å². The van der Waals surface area contributed by atoms with Gasteiger partial charge < -0.3 is 0 Å². The molecule has 6 heteroatoms. The molecule has 0 saturated carbocycles. The summed E-state index contributed by atoms with van der Waals surface area (Å²) >= 11 is 1.74. The lowest BCUT2D eigenvalue weighted by atomic mass is 10.0. The molecule has 2 aromatic rings. The molecule has 1 aliphatic heterocycles.